The number of amides is 1. The van der Waals surface area contributed by atoms with Crippen LogP contribution in [0.15, 0.2) is 0 Å². The largest absolute Gasteiger partial charge is 0.481 e. The molecule has 1 aromatic heterocycles. The highest BCUT2D eigenvalue weighted by Crippen LogP contribution is 2.24. The Hall–Kier alpha value is -1.89. The van der Waals surface area contributed by atoms with Crippen molar-refractivity contribution < 1.29 is 19.4 Å². The fraction of sp³-hybridized carbons (Fsp3) is 0.722. The van der Waals surface area contributed by atoms with Crippen LogP contribution in [0.5, 0.6) is 0 Å². The lowest BCUT2D eigenvalue weighted by Gasteiger charge is -2.27. The Bertz CT molecular complexity index is 606. The fourth-order valence-corrected chi connectivity index (χ4v) is 3.61. The van der Waals surface area contributed by atoms with Crippen LogP contribution in [-0.4, -0.2) is 46.5 Å². The van der Waals surface area contributed by atoms with E-state index in [9.17, 15) is 14.7 Å². The van der Waals surface area contributed by atoms with Gasteiger partial charge in [0.1, 0.15) is 0 Å². The number of carbonyl (C=O) groups excluding carboxylic acids is 1. The summed E-state index contributed by atoms with van der Waals surface area (Å²) >= 11 is 0. The summed E-state index contributed by atoms with van der Waals surface area (Å²) in [5, 5.41) is 16.8. The van der Waals surface area contributed by atoms with Crippen molar-refractivity contribution >= 4 is 11.9 Å². The van der Waals surface area contributed by atoms with Gasteiger partial charge < -0.3 is 15.2 Å². The molecule has 0 saturated carbocycles. The molecule has 1 saturated heterocycles. The van der Waals surface area contributed by atoms with Gasteiger partial charge in [-0.25, -0.2) is 0 Å². The summed E-state index contributed by atoms with van der Waals surface area (Å²) < 4.78 is 7.13. The number of nitrogens with one attached hydrogen (secondary N) is 1. The van der Waals surface area contributed by atoms with Gasteiger partial charge in [-0.05, 0) is 31.6 Å². The number of ether oxygens (including phenoxy) is 1. The zero-order valence-electron chi connectivity index (χ0n) is 15.4. The Morgan fingerprint density at radius 1 is 1.32 bits per heavy atom. The van der Waals surface area contributed by atoms with Crippen molar-refractivity contribution in [2.45, 2.75) is 46.0 Å². The van der Waals surface area contributed by atoms with Crippen LogP contribution in [0.2, 0.25) is 0 Å². The highest BCUT2D eigenvalue weighted by molar-refractivity contribution is 5.80. The molecule has 1 fully saturated rings. The average Bonchev–Trinajstić information content (AvgIpc) is 2.90. The first-order valence-corrected chi connectivity index (χ1v) is 9.08. The molecule has 7 nitrogen and oxygen atoms in total. The number of nitrogens with zero attached hydrogens (tertiary/aromatic N) is 2. The van der Waals surface area contributed by atoms with Crippen molar-refractivity contribution in [1.29, 1.82) is 0 Å². The quantitative estimate of drug-likeness (QED) is 0.737. The van der Waals surface area contributed by atoms with Gasteiger partial charge in [-0.15, -0.1) is 0 Å². The van der Waals surface area contributed by atoms with E-state index in [2.05, 4.69) is 10.4 Å². The lowest BCUT2D eigenvalue weighted by Crippen LogP contribution is -2.39. The lowest BCUT2D eigenvalue weighted by atomic mass is 9.86. The van der Waals surface area contributed by atoms with E-state index in [0.717, 1.165) is 42.6 Å². The number of carbonyl (C=O) groups is 2. The molecule has 1 aliphatic rings. The minimum atomic E-state index is -0.850. The molecule has 0 bridgehead atoms. The van der Waals surface area contributed by atoms with Gasteiger partial charge in [-0.3, -0.25) is 14.3 Å². The molecule has 7 heteroatoms. The number of carboxylic acid groups (broad SMARTS) is 1. The van der Waals surface area contributed by atoms with E-state index < -0.39 is 11.9 Å². The Balaban J connectivity index is 1.98. The van der Waals surface area contributed by atoms with Crippen LogP contribution in [-0.2, 0) is 40.6 Å². The van der Waals surface area contributed by atoms with Gasteiger partial charge in [-0.2, -0.15) is 5.10 Å². The summed E-state index contributed by atoms with van der Waals surface area (Å²) in [6.07, 6.45) is 3.30. The number of hydrogen-bond acceptors (Lipinski definition) is 4. The van der Waals surface area contributed by atoms with Crippen molar-refractivity contribution in [2.24, 2.45) is 18.9 Å². The molecule has 1 aromatic rings. The maximum Gasteiger partial charge on any atom is 0.308 e. The maximum atomic E-state index is 12.4. The molecule has 25 heavy (non-hydrogen) atoms. The normalized spacial score (nSPS) is 16.6. The van der Waals surface area contributed by atoms with Crippen LogP contribution in [0.1, 0.15) is 43.6 Å². The van der Waals surface area contributed by atoms with E-state index in [1.165, 1.54) is 0 Å². The first-order valence-electron chi connectivity index (χ1n) is 9.08. The minimum Gasteiger partial charge on any atom is -0.481 e. The lowest BCUT2D eigenvalue weighted by molar-refractivity contribution is -0.144. The van der Waals surface area contributed by atoms with Gasteiger partial charge in [0.2, 0.25) is 5.91 Å². The third kappa shape index (κ3) is 4.81. The Kier molecular flexibility index (Phi) is 6.99. The van der Waals surface area contributed by atoms with Crippen molar-refractivity contribution in [2.75, 3.05) is 19.8 Å². The van der Waals surface area contributed by atoms with Gasteiger partial charge >= 0.3 is 5.97 Å². The van der Waals surface area contributed by atoms with Crippen LogP contribution in [0.3, 0.4) is 0 Å². The third-order valence-corrected chi connectivity index (χ3v) is 5.04. The summed E-state index contributed by atoms with van der Waals surface area (Å²) in [4.78, 5) is 24.0. The molecule has 2 rings (SSSR count). The molecule has 1 aliphatic heterocycles. The zero-order chi connectivity index (χ0) is 18.4. The highest BCUT2D eigenvalue weighted by Gasteiger charge is 2.30. The van der Waals surface area contributed by atoms with E-state index in [-0.39, 0.29) is 24.8 Å². The molecule has 1 amide bonds. The number of aromatic nitrogens is 2. The Morgan fingerprint density at radius 3 is 2.56 bits per heavy atom. The van der Waals surface area contributed by atoms with E-state index in [4.69, 9.17) is 4.74 Å². The van der Waals surface area contributed by atoms with E-state index in [1.54, 1.807) is 0 Å². The van der Waals surface area contributed by atoms with Crippen molar-refractivity contribution in [1.82, 2.24) is 15.1 Å². The first kappa shape index (κ1) is 19.4. The number of aryl methyl sites for hydroxylation is 2. The fourth-order valence-electron chi connectivity index (χ4n) is 3.61. The summed E-state index contributed by atoms with van der Waals surface area (Å²) in [6, 6.07) is 0. The number of hydrogen-bond donors (Lipinski definition) is 2. The second-order valence-corrected chi connectivity index (χ2v) is 6.58. The van der Waals surface area contributed by atoms with Crippen LogP contribution >= 0.6 is 0 Å². The molecule has 0 aromatic carbocycles. The standard InChI is InChI=1S/C18H29N3O4/c1-4-15-13(16(5-2)21(3)20-15)10-17(22)19-11-14(18(23)24)12-6-8-25-9-7-12/h12,14H,4-11H2,1-3H3,(H,19,22)(H,23,24). The van der Waals surface area contributed by atoms with Crippen LogP contribution in [0.25, 0.3) is 0 Å². The predicted octanol–water partition coefficient (Wildman–Crippen LogP) is 1.33. The predicted molar refractivity (Wildman–Crippen MR) is 93.3 cm³/mol. The monoisotopic (exact) mass is 351 g/mol. The van der Waals surface area contributed by atoms with Crippen LogP contribution < -0.4 is 5.32 Å². The molecule has 0 aliphatic carbocycles. The van der Waals surface area contributed by atoms with E-state index in [0.29, 0.717) is 13.2 Å². The van der Waals surface area contributed by atoms with Gasteiger partial charge in [0, 0.05) is 38.1 Å². The molecular weight excluding hydrogens is 322 g/mol. The molecule has 1 unspecified atom stereocenters. The van der Waals surface area contributed by atoms with Gasteiger partial charge in [-0.1, -0.05) is 13.8 Å². The molecule has 1 atom stereocenters. The van der Waals surface area contributed by atoms with Crippen LogP contribution in [0, 0.1) is 11.8 Å². The summed E-state index contributed by atoms with van der Waals surface area (Å²) in [7, 11) is 1.89. The summed E-state index contributed by atoms with van der Waals surface area (Å²) in [6.45, 7) is 5.43. The number of carboxylic acids is 1. The number of rotatable bonds is 8. The summed E-state index contributed by atoms with van der Waals surface area (Å²) in [5.41, 5.74) is 2.97. The molecule has 2 N–H and O–H groups in total. The minimum absolute atomic E-state index is 0.0577. The SMILES string of the molecule is CCc1nn(C)c(CC)c1CC(=O)NCC(C(=O)O)C1CCOCC1. The zero-order valence-corrected chi connectivity index (χ0v) is 15.4. The molecular formula is C18H29N3O4. The second kappa shape index (κ2) is 8.99. The second-order valence-electron chi connectivity index (χ2n) is 6.58. The topological polar surface area (TPSA) is 93.5 Å². The van der Waals surface area contributed by atoms with Gasteiger partial charge in [0.25, 0.3) is 0 Å². The van der Waals surface area contributed by atoms with Crippen molar-refractivity contribution in [3.8, 4) is 0 Å². The van der Waals surface area contributed by atoms with E-state index >= 15 is 0 Å². The van der Waals surface area contributed by atoms with Crippen molar-refractivity contribution in [3.05, 3.63) is 17.0 Å². The number of aliphatic carboxylic acids is 1. The average molecular weight is 351 g/mol. The molecule has 0 radical (unpaired) electrons. The Morgan fingerprint density at radius 2 is 2.00 bits per heavy atom. The highest BCUT2D eigenvalue weighted by atomic mass is 16.5. The smallest absolute Gasteiger partial charge is 0.308 e. The maximum absolute atomic E-state index is 12.4. The third-order valence-electron chi connectivity index (χ3n) is 5.04. The van der Waals surface area contributed by atoms with Gasteiger partial charge in [0.15, 0.2) is 0 Å². The molecule has 140 valence electrons. The van der Waals surface area contributed by atoms with Crippen LogP contribution in [0.4, 0.5) is 0 Å². The van der Waals surface area contributed by atoms with E-state index in [1.807, 2.05) is 25.6 Å². The Labute approximate surface area is 148 Å². The first-order chi connectivity index (χ1) is 12.0. The molecule has 0 spiro atoms. The molecule has 2 heterocycles. The summed E-state index contributed by atoms with van der Waals surface area (Å²) in [5.74, 6) is -1.49. The van der Waals surface area contributed by atoms with Crippen molar-refractivity contribution in [3.63, 3.8) is 0 Å². The van der Waals surface area contributed by atoms with Gasteiger partial charge in [0.05, 0.1) is 18.0 Å².